The average Bonchev–Trinajstić information content (AvgIpc) is 2.71. The second kappa shape index (κ2) is 4.10. The van der Waals surface area contributed by atoms with Crippen molar-refractivity contribution in [1.29, 1.82) is 5.26 Å². The fourth-order valence-corrected chi connectivity index (χ4v) is 1.65. The van der Waals surface area contributed by atoms with Crippen LogP contribution in [0.15, 0.2) is 24.4 Å². The SMILES string of the molecule is N#CCC(=O)c1c[nH]c2ccc(C(=O)O)cc12. The number of fused-ring (bicyclic) bond motifs is 1. The van der Waals surface area contributed by atoms with Crippen LogP contribution in [0, 0.1) is 11.3 Å². The van der Waals surface area contributed by atoms with Crippen molar-refractivity contribution in [3.63, 3.8) is 0 Å². The molecular weight excluding hydrogens is 220 g/mol. The van der Waals surface area contributed by atoms with E-state index in [1.165, 1.54) is 18.3 Å². The van der Waals surface area contributed by atoms with Crippen LogP contribution < -0.4 is 0 Å². The Balaban J connectivity index is 2.58. The van der Waals surface area contributed by atoms with Crippen molar-refractivity contribution in [1.82, 2.24) is 4.98 Å². The number of nitriles is 1. The summed E-state index contributed by atoms with van der Waals surface area (Å²) >= 11 is 0. The summed E-state index contributed by atoms with van der Waals surface area (Å²) in [5.41, 5.74) is 1.14. The van der Waals surface area contributed by atoms with Gasteiger partial charge in [-0.15, -0.1) is 0 Å². The van der Waals surface area contributed by atoms with Crippen LogP contribution in [0.2, 0.25) is 0 Å². The van der Waals surface area contributed by atoms with Gasteiger partial charge < -0.3 is 10.1 Å². The average molecular weight is 228 g/mol. The van der Waals surface area contributed by atoms with Gasteiger partial charge in [0.15, 0.2) is 5.78 Å². The summed E-state index contributed by atoms with van der Waals surface area (Å²) in [4.78, 5) is 25.3. The summed E-state index contributed by atoms with van der Waals surface area (Å²) in [6.45, 7) is 0. The number of hydrogen-bond donors (Lipinski definition) is 2. The number of aromatic amines is 1. The predicted molar refractivity (Wildman–Crippen MR) is 59.8 cm³/mol. The Labute approximate surface area is 96.3 Å². The van der Waals surface area contributed by atoms with Crippen LogP contribution in [-0.2, 0) is 0 Å². The Morgan fingerprint density at radius 2 is 2.18 bits per heavy atom. The molecule has 1 heterocycles. The number of H-pyrrole nitrogens is 1. The number of rotatable bonds is 3. The van der Waals surface area contributed by atoms with Gasteiger partial charge in [0.1, 0.15) is 0 Å². The smallest absolute Gasteiger partial charge is 0.335 e. The number of nitrogens with zero attached hydrogens (tertiary/aromatic N) is 1. The lowest BCUT2D eigenvalue weighted by Gasteiger charge is -1.97. The fourth-order valence-electron chi connectivity index (χ4n) is 1.65. The molecule has 2 N–H and O–H groups in total. The zero-order valence-corrected chi connectivity index (χ0v) is 8.73. The highest BCUT2D eigenvalue weighted by Gasteiger charge is 2.13. The van der Waals surface area contributed by atoms with E-state index >= 15 is 0 Å². The molecule has 0 amide bonds. The van der Waals surface area contributed by atoms with Gasteiger partial charge in [-0.3, -0.25) is 4.79 Å². The largest absolute Gasteiger partial charge is 0.478 e. The number of carboxylic acid groups (broad SMARTS) is 1. The van der Waals surface area contributed by atoms with Crippen LogP contribution in [0.3, 0.4) is 0 Å². The fraction of sp³-hybridized carbons (Fsp3) is 0.0833. The minimum Gasteiger partial charge on any atom is -0.478 e. The van der Waals surface area contributed by atoms with Crippen molar-refractivity contribution in [3.05, 3.63) is 35.5 Å². The van der Waals surface area contributed by atoms with Gasteiger partial charge in [0.2, 0.25) is 0 Å². The van der Waals surface area contributed by atoms with Crippen molar-refractivity contribution in [2.24, 2.45) is 0 Å². The maximum absolute atomic E-state index is 11.6. The van der Waals surface area contributed by atoms with Crippen molar-refractivity contribution in [3.8, 4) is 6.07 Å². The number of carbonyl (C=O) groups excluding carboxylic acids is 1. The molecule has 0 aliphatic carbocycles. The van der Waals surface area contributed by atoms with Crippen LogP contribution in [0.5, 0.6) is 0 Å². The van der Waals surface area contributed by atoms with Crippen molar-refractivity contribution in [2.45, 2.75) is 6.42 Å². The number of carboxylic acids is 1. The van der Waals surface area contributed by atoms with E-state index < -0.39 is 5.97 Å². The lowest BCUT2D eigenvalue weighted by Crippen LogP contribution is -1.98. The molecule has 0 spiro atoms. The molecule has 5 heteroatoms. The van der Waals surface area contributed by atoms with Gasteiger partial charge in [-0.1, -0.05) is 0 Å². The Morgan fingerprint density at radius 1 is 1.41 bits per heavy atom. The van der Waals surface area contributed by atoms with Crippen LogP contribution >= 0.6 is 0 Å². The van der Waals surface area contributed by atoms with Crippen molar-refractivity contribution >= 4 is 22.7 Å². The lowest BCUT2D eigenvalue weighted by molar-refractivity contribution is 0.0696. The molecule has 2 aromatic rings. The maximum atomic E-state index is 11.6. The molecule has 2 rings (SSSR count). The molecular formula is C12H8N2O3. The molecule has 0 aliphatic rings. The third-order valence-electron chi connectivity index (χ3n) is 2.47. The number of carbonyl (C=O) groups is 2. The number of nitrogens with one attached hydrogen (secondary N) is 1. The van der Waals surface area contributed by atoms with Crippen LogP contribution in [0.4, 0.5) is 0 Å². The number of Topliss-reactive ketones (excluding diaryl/α,β-unsaturated/α-hetero) is 1. The number of aromatic carboxylic acids is 1. The molecule has 5 nitrogen and oxygen atoms in total. The highest BCUT2D eigenvalue weighted by atomic mass is 16.4. The third kappa shape index (κ3) is 1.88. The zero-order valence-electron chi connectivity index (χ0n) is 8.73. The molecule has 0 fully saturated rings. The Kier molecular flexibility index (Phi) is 2.63. The minimum atomic E-state index is -1.05. The second-order valence-electron chi connectivity index (χ2n) is 3.53. The van der Waals surface area contributed by atoms with Crippen molar-refractivity contribution < 1.29 is 14.7 Å². The standard InChI is InChI=1S/C12H8N2O3/c13-4-3-11(15)9-6-14-10-2-1-7(12(16)17)5-8(9)10/h1-2,5-6,14H,3H2,(H,16,17). The van der Waals surface area contributed by atoms with Gasteiger partial charge in [-0.05, 0) is 18.2 Å². The molecule has 17 heavy (non-hydrogen) atoms. The second-order valence-corrected chi connectivity index (χ2v) is 3.53. The van der Waals surface area contributed by atoms with Gasteiger partial charge in [0, 0.05) is 22.7 Å². The van der Waals surface area contributed by atoms with E-state index in [2.05, 4.69) is 4.98 Å². The van der Waals surface area contributed by atoms with E-state index in [-0.39, 0.29) is 17.8 Å². The van der Waals surface area contributed by atoms with E-state index in [0.717, 1.165) is 0 Å². The third-order valence-corrected chi connectivity index (χ3v) is 2.47. The first-order valence-corrected chi connectivity index (χ1v) is 4.88. The normalized spacial score (nSPS) is 10.1. The summed E-state index contributed by atoms with van der Waals surface area (Å²) in [6.07, 6.45) is 1.28. The van der Waals surface area contributed by atoms with Gasteiger partial charge in [0.05, 0.1) is 18.1 Å². The molecule has 84 valence electrons. The van der Waals surface area contributed by atoms with E-state index in [1.54, 1.807) is 12.1 Å². The highest BCUT2D eigenvalue weighted by Crippen LogP contribution is 2.21. The number of hydrogen-bond acceptors (Lipinski definition) is 3. The van der Waals surface area contributed by atoms with Gasteiger partial charge in [0.25, 0.3) is 0 Å². The van der Waals surface area contributed by atoms with Gasteiger partial charge in [-0.2, -0.15) is 5.26 Å². The monoisotopic (exact) mass is 228 g/mol. The number of benzene rings is 1. The molecule has 1 aromatic heterocycles. The summed E-state index contributed by atoms with van der Waals surface area (Å²) in [7, 11) is 0. The van der Waals surface area contributed by atoms with E-state index in [4.69, 9.17) is 10.4 Å². The quantitative estimate of drug-likeness (QED) is 0.785. The summed E-state index contributed by atoms with van der Waals surface area (Å²) in [5, 5.41) is 17.9. The van der Waals surface area contributed by atoms with Crippen LogP contribution in [0.25, 0.3) is 10.9 Å². The predicted octanol–water partition coefficient (Wildman–Crippen LogP) is 1.96. The Morgan fingerprint density at radius 3 is 2.82 bits per heavy atom. The highest BCUT2D eigenvalue weighted by molar-refractivity contribution is 6.09. The number of aromatic nitrogens is 1. The minimum absolute atomic E-state index is 0.114. The summed E-state index contributed by atoms with van der Waals surface area (Å²) in [6, 6.07) is 6.26. The van der Waals surface area contributed by atoms with E-state index in [9.17, 15) is 9.59 Å². The molecule has 0 saturated heterocycles. The summed E-state index contributed by atoms with van der Waals surface area (Å²) in [5.74, 6) is -1.37. The first kappa shape index (κ1) is 10.9. The molecule has 0 aliphatic heterocycles. The van der Waals surface area contributed by atoms with Crippen LogP contribution in [-0.4, -0.2) is 21.8 Å². The molecule has 0 bridgehead atoms. The number of ketones is 1. The maximum Gasteiger partial charge on any atom is 0.335 e. The van der Waals surface area contributed by atoms with Gasteiger partial charge in [-0.25, -0.2) is 4.79 Å². The Bertz CT molecular complexity index is 649. The van der Waals surface area contributed by atoms with E-state index in [0.29, 0.717) is 16.5 Å². The van der Waals surface area contributed by atoms with Crippen LogP contribution in [0.1, 0.15) is 27.1 Å². The first-order valence-electron chi connectivity index (χ1n) is 4.88. The van der Waals surface area contributed by atoms with Crippen molar-refractivity contribution in [2.75, 3.05) is 0 Å². The Hall–Kier alpha value is -2.61. The molecule has 0 saturated carbocycles. The summed E-state index contributed by atoms with van der Waals surface area (Å²) < 4.78 is 0. The van der Waals surface area contributed by atoms with E-state index in [1.807, 2.05) is 0 Å². The topological polar surface area (TPSA) is 94.0 Å². The molecule has 0 unspecified atom stereocenters. The zero-order chi connectivity index (χ0) is 12.4. The first-order chi connectivity index (χ1) is 8.13. The van der Waals surface area contributed by atoms with Gasteiger partial charge >= 0.3 is 5.97 Å². The lowest BCUT2D eigenvalue weighted by atomic mass is 10.1. The molecule has 0 radical (unpaired) electrons. The molecule has 1 aromatic carbocycles. The molecule has 0 atom stereocenters.